The fourth-order valence-electron chi connectivity index (χ4n) is 2.35. The van der Waals surface area contributed by atoms with Crippen molar-refractivity contribution in [2.45, 2.75) is 36.7 Å². The molecule has 21 heavy (non-hydrogen) atoms. The Hall–Kier alpha value is -1.11. The first-order valence-electron chi connectivity index (χ1n) is 6.82. The smallest absolute Gasteiger partial charge is 0.350 e. The topological polar surface area (TPSA) is 42.0 Å². The van der Waals surface area contributed by atoms with Gasteiger partial charge in [-0.15, -0.1) is 0 Å². The third-order valence-corrected chi connectivity index (χ3v) is 4.57. The van der Waals surface area contributed by atoms with E-state index in [1.165, 1.54) is 0 Å². The Labute approximate surface area is 129 Å². The number of nitrogens with zero attached hydrogens (tertiary/aromatic N) is 1. The van der Waals surface area contributed by atoms with Crippen LogP contribution in [0.1, 0.15) is 41.7 Å². The molecule has 116 valence electrons. The summed E-state index contributed by atoms with van der Waals surface area (Å²) in [6, 6.07) is 1.98. The highest BCUT2D eigenvalue weighted by atomic mass is 79.9. The average Bonchev–Trinajstić information content (AvgIpc) is 2.45. The van der Waals surface area contributed by atoms with E-state index >= 15 is 0 Å². The van der Waals surface area contributed by atoms with Crippen molar-refractivity contribution in [2.24, 2.45) is 5.92 Å². The van der Waals surface area contributed by atoms with Gasteiger partial charge in [0.1, 0.15) is 5.69 Å². The number of aromatic nitrogens is 1. The molecule has 1 heterocycles. The van der Waals surface area contributed by atoms with Gasteiger partial charge in [-0.3, -0.25) is 9.78 Å². The van der Waals surface area contributed by atoms with Crippen molar-refractivity contribution in [2.75, 3.05) is 6.54 Å². The fourth-order valence-corrected chi connectivity index (χ4v) is 2.88. The highest BCUT2D eigenvalue weighted by molar-refractivity contribution is 9.09. The third kappa shape index (κ3) is 4.69. The zero-order chi connectivity index (χ0) is 15.5. The van der Waals surface area contributed by atoms with Gasteiger partial charge in [-0.1, -0.05) is 15.9 Å². The van der Waals surface area contributed by atoms with Crippen molar-refractivity contribution in [3.63, 3.8) is 0 Å². The first kappa shape index (κ1) is 16.3. The Morgan fingerprint density at radius 2 is 1.95 bits per heavy atom. The van der Waals surface area contributed by atoms with E-state index in [1.807, 2.05) is 0 Å². The number of carbonyl (C=O) groups is 1. The van der Waals surface area contributed by atoms with Crippen LogP contribution in [0.2, 0.25) is 0 Å². The zero-order valence-electron chi connectivity index (χ0n) is 11.3. The molecule has 2 rings (SSSR count). The van der Waals surface area contributed by atoms with Crippen LogP contribution in [-0.2, 0) is 6.18 Å². The van der Waals surface area contributed by atoms with Gasteiger partial charge in [-0.05, 0) is 43.7 Å². The lowest BCUT2D eigenvalue weighted by atomic mass is 9.89. The molecule has 3 nitrogen and oxygen atoms in total. The summed E-state index contributed by atoms with van der Waals surface area (Å²) in [7, 11) is 0. The van der Waals surface area contributed by atoms with E-state index in [2.05, 4.69) is 26.2 Å². The maximum Gasteiger partial charge on any atom is 0.417 e. The second kappa shape index (κ2) is 6.77. The number of alkyl halides is 4. The molecule has 1 aliphatic rings. The molecular weight excluding hydrogens is 349 g/mol. The Morgan fingerprint density at radius 3 is 2.48 bits per heavy atom. The van der Waals surface area contributed by atoms with Crippen LogP contribution in [0.4, 0.5) is 13.2 Å². The lowest BCUT2D eigenvalue weighted by Gasteiger charge is -2.25. The van der Waals surface area contributed by atoms with Crippen LogP contribution < -0.4 is 5.32 Å². The van der Waals surface area contributed by atoms with Gasteiger partial charge in [-0.25, -0.2) is 0 Å². The van der Waals surface area contributed by atoms with E-state index in [1.54, 1.807) is 0 Å². The number of halogens is 4. The van der Waals surface area contributed by atoms with Gasteiger partial charge < -0.3 is 5.32 Å². The fraction of sp³-hybridized carbons (Fsp3) is 0.571. The number of hydrogen-bond donors (Lipinski definition) is 1. The molecule has 7 heteroatoms. The Kier molecular flexibility index (Phi) is 5.24. The van der Waals surface area contributed by atoms with Gasteiger partial charge in [0.25, 0.3) is 5.91 Å². The lowest BCUT2D eigenvalue weighted by molar-refractivity contribution is -0.137. The molecule has 1 N–H and O–H groups in total. The van der Waals surface area contributed by atoms with Crippen molar-refractivity contribution in [1.82, 2.24) is 10.3 Å². The second-order valence-electron chi connectivity index (χ2n) is 5.26. The summed E-state index contributed by atoms with van der Waals surface area (Å²) in [5.41, 5.74) is -0.841. The van der Waals surface area contributed by atoms with Crippen LogP contribution >= 0.6 is 15.9 Å². The molecule has 0 atom stereocenters. The van der Waals surface area contributed by atoms with Crippen molar-refractivity contribution in [1.29, 1.82) is 0 Å². The predicted octanol–water partition coefficient (Wildman–Crippen LogP) is 3.78. The number of carbonyl (C=O) groups excluding carboxylic acids is 1. The molecule has 1 saturated carbocycles. The minimum absolute atomic E-state index is 0.0113. The molecule has 0 unspecified atom stereocenters. The van der Waals surface area contributed by atoms with Crippen molar-refractivity contribution in [3.8, 4) is 0 Å². The Morgan fingerprint density at radius 1 is 1.29 bits per heavy atom. The van der Waals surface area contributed by atoms with Gasteiger partial charge in [0.2, 0.25) is 0 Å². The number of hydrogen-bond acceptors (Lipinski definition) is 2. The minimum atomic E-state index is -4.43. The molecular formula is C14H16BrF3N2O. The van der Waals surface area contributed by atoms with E-state index in [9.17, 15) is 18.0 Å². The number of pyridine rings is 1. The third-order valence-electron chi connectivity index (χ3n) is 3.65. The van der Waals surface area contributed by atoms with Gasteiger partial charge in [0.05, 0.1) is 5.56 Å². The number of amides is 1. The Balaban J connectivity index is 1.86. The highest BCUT2D eigenvalue weighted by Crippen LogP contribution is 2.29. The van der Waals surface area contributed by atoms with Gasteiger partial charge in [0, 0.05) is 17.6 Å². The average molecular weight is 365 g/mol. The second-order valence-corrected chi connectivity index (χ2v) is 6.55. The molecule has 0 saturated heterocycles. The summed E-state index contributed by atoms with van der Waals surface area (Å²) in [6.45, 7) is 0.543. The molecule has 1 aromatic heterocycles. The summed E-state index contributed by atoms with van der Waals surface area (Å²) in [5.74, 6) is 0.00175. The first-order chi connectivity index (χ1) is 9.86. The standard InChI is InChI=1S/C14H16BrF3N2O/c15-11-4-1-9(2-5-11)7-20-13(21)12-6-3-10(8-19-12)14(16,17)18/h3,6,8-9,11H,1-2,4-5,7H2,(H,20,21). The molecule has 1 aliphatic carbocycles. The van der Waals surface area contributed by atoms with Gasteiger partial charge in [0.15, 0.2) is 0 Å². The monoisotopic (exact) mass is 364 g/mol. The van der Waals surface area contributed by atoms with E-state index < -0.39 is 17.6 Å². The van der Waals surface area contributed by atoms with Crippen LogP contribution in [0.25, 0.3) is 0 Å². The summed E-state index contributed by atoms with van der Waals surface area (Å²) >= 11 is 3.57. The van der Waals surface area contributed by atoms with Crippen LogP contribution in [0.3, 0.4) is 0 Å². The van der Waals surface area contributed by atoms with E-state index in [-0.39, 0.29) is 5.69 Å². The molecule has 1 amide bonds. The quantitative estimate of drug-likeness (QED) is 0.829. The maximum atomic E-state index is 12.4. The maximum absolute atomic E-state index is 12.4. The van der Waals surface area contributed by atoms with Crippen molar-refractivity contribution < 1.29 is 18.0 Å². The molecule has 0 bridgehead atoms. The van der Waals surface area contributed by atoms with E-state index in [0.29, 0.717) is 23.5 Å². The number of rotatable bonds is 3. The van der Waals surface area contributed by atoms with E-state index in [0.717, 1.165) is 37.8 Å². The lowest BCUT2D eigenvalue weighted by Crippen LogP contribution is -2.31. The summed E-state index contributed by atoms with van der Waals surface area (Å²) in [4.78, 5) is 16.0. The van der Waals surface area contributed by atoms with Crippen LogP contribution in [0.15, 0.2) is 18.3 Å². The van der Waals surface area contributed by atoms with Crippen molar-refractivity contribution in [3.05, 3.63) is 29.6 Å². The van der Waals surface area contributed by atoms with Gasteiger partial charge >= 0.3 is 6.18 Å². The summed E-state index contributed by atoms with van der Waals surface area (Å²) < 4.78 is 37.2. The predicted molar refractivity (Wildman–Crippen MR) is 76.2 cm³/mol. The highest BCUT2D eigenvalue weighted by Gasteiger charge is 2.31. The molecule has 1 aromatic rings. The molecule has 0 spiro atoms. The summed E-state index contributed by atoms with van der Waals surface area (Å²) in [5, 5.41) is 2.74. The zero-order valence-corrected chi connectivity index (χ0v) is 12.9. The normalized spacial score (nSPS) is 22.9. The molecule has 0 radical (unpaired) electrons. The molecule has 1 fully saturated rings. The van der Waals surface area contributed by atoms with Crippen LogP contribution in [0.5, 0.6) is 0 Å². The number of nitrogens with one attached hydrogen (secondary N) is 1. The Bertz CT molecular complexity index is 482. The SMILES string of the molecule is O=C(NCC1CCC(Br)CC1)c1ccc(C(F)(F)F)cn1. The van der Waals surface area contributed by atoms with Crippen LogP contribution in [0, 0.1) is 5.92 Å². The molecule has 0 aliphatic heterocycles. The first-order valence-corrected chi connectivity index (χ1v) is 7.73. The van der Waals surface area contributed by atoms with Crippen molar-refractivity contribution >= 4 is 21.8 Å². The molecule has 0 aromatic carbocycles. The largest absolute Gasteiger partial charge is 0.417 e. The summed E-state index contributed by atoms with van der Waals surface area (Å²) in [6.07, 6.45) is 0.493. The minimum Gasteiger partial charge on any atom is -0.350 e. The van der Waals surface area contributed by atoms with Gasteiger partial charge in [-0.2, -0.15) is 13.2 Å². The van der Waals surface area contributed by atoms with Crippen LogP contribution in [-0.4, -0.2) is 22.3 Å². The van der Waals surface area contributed by atoms with E-state index in [4.69, 9.17) is 0 Å².